The number of hydrogen-bond acceptors (Lipinski definition) is 6. The van der Waals surface area contributed by atoms with Crippen LogP contribution in [-0.4, -0.2) is 9.91 Å². The second-order valence-corrected chi connectivity index (χ2v) is 4.08. The minimum Gasteiger partial charge on any atom is -0.429 e. The molecule has 0 saturated carbocycles. The van der Waals surface area contributed by atoms with Crippen LogP contribution in [-0.2, 0) is 0 Å². The molecule has 0 radical (unpaired) electrons. The Morgan fingerprint density at radius 3 is 2.67 bits per heavy atom. The number of nitrogens with two attached hydrogens (primary N) is 1. The molecule has 0 fully saturated rings. The first kappa shape index (κ1) is 14.6. The summed E-state index contributed by atoms with van der Waals surface area (Å²) in [6.07, 6.45) is 0. The molecule has 0 bridgehead atoms. The third-order valence-electron chi connectivity index (χ3n) is 2.55. The molecule has 0 aliphatic heterocycles. The van der Waals surface area contributed by atoms with E-state index in [0.717, 1.165) is 0 Å². The Kier molecular flexibility index (Phi) is 3.94. The Hall–Kier alpha value is -2.81. The molecule has 0 aliphatic rings. The van der Waals surface area contributed by atoms with Crippen molar-refractivity contribution in [1.29, 1.82) is 0 Å². The van der Waals surface area contributed by atoms with Gasteiger partial charge in [-0.3, -0.25) is 10.1 Å². The van der Waals surface area contributed by atoms with E-state index >= 15 is 0 Å². The Balaban J connectivity index is 2.45. The van der Waals surface area contributed by atoms with Crippen LogP contribution in [0.3, 0.4) is 0 Å². The second-order valence-electron chi connectivity index (χ2n) is 4.08. The number of nitro groups is 1. The molecule has 0 atom stereocenters. The summed E-state index contributed by atoms with van der Waals surface area (Å²) < 4.78 is 31.9. The summed E-state index contributed by atoms with van der Waals surface area (Å²) in [5.74, 6) is 1.61. The highest BCUT2D eigenvalue weighted by Crippen LogP contribution is 2.33. The van der Waals surface area contributed by atoms with Gasteiger partial charge in [-0.25, -0.2) is 14.6 Å². The molecule has 21 heavy (non-hydrogen) atoms. The fourth-order valence-electron chi connectivity index (χ4n) is 1.58. The van der Waals surface area contributed by atoms with Gasteiger partial charge in [-0.05, 0) is 18.6 Å². The molecular formula is C12H10F2N4O3. The third kappa shape index (κ3) is 3.03. The van der Waals surface area contributed by atoms with Gasteiger partial charge < -0.3 is 10.2 Å². The van der Waals surface area contributed by atoms with E-state index in [1.807, 2.05) is 5.43 Å². The van der Waals surface area contributed by atoms with E-state index in [0.29, 0.717) is 11.6 Å². The van der Waals surface area contributed by atoms with Gasteiger partial charge in [-0.1, -0.05) is 6.07 Å². The predicted molar refractivity (Wildman–Crippen MR) is 69.9 cm³/mol. The number of nitrogens with one attached hydrogen (secondary N) is 1. The van der Waals surface area contributed by atoms with E-state index in [9.17, 15) is 18.9 Å². The first-order valence-corrected chi connectivity index (χ1v) is 5.68. The molecule has 7 nitrogen and oxygen atoms in total. The topological polar surface area (TPSA) is 103 Å². The Labute approximate surface area is 117 Å². The fourth-order valence-corrected chi connectivity index (χ4v) is 1.58. The highest BCUT2D eigenvalue weighted by Gasteiger charge is 2.19. The van der Waals surface area contributed by atoms with Crippen LogP contribution in [0.15, 0.2) is 24.3 Å². The average molecular weight is 296 g/mol. The maximum absolute atomic E-state index is 13.6. The van der Waals surface area contributed by atoms with Crippen LogP contribution in [0.25, 0.3) is 0 Å². The lowest BCUT2D eigenvalue weighted by molar-refractivity contribution is -0.385. The summed E-state index contributed by atoms with van der Waals surface area (Å²) in [6.45, 7) is 1.66. The van der Waals surface area contributed by atoms with Gasteiger partial charge in [0, 0.05) is 12.1 Å². The largest absolute Gasteiger partial charge is 0.429 e. The van der Waals surface area contributed by atoms with Gasteiger partial charge in [0.25, 0.3) is 5.88 Å². The Bertz CT molecular complexity index is 709. The van der Waals surface area contributed by atoms with E-state index in [2.05, 4.69) is 4.98 Å². The van der Waals surface area contributed by atoms with Crippen LogP contribution in [0.2, 0.25) is 0 Å². The van der Waals surface area contributed by atoms with Crippen molar-refractivity contribution in [3.05, 3.63) is 51.6 Å². The Morgan fingerprint density at radius 2 is 2.05 bits per heavy atom. The summed E-state index contributed by atoms with van der Waals surface area (Å²) in [5.41, 5.74) is 2.20. The fraction of sp³-hybridized carbons (Fsp3) is 0.0833. The number of pyridine rings is 1. The van der Waals surface area contributed by atoms with Gasteiger partial charge in [-0.2, -0.15) is 4.98 Å². The van der Waals surface area contributed by atoms with E-state index in [-0.39, 0.29) is 11.4 Å². The number of nitrogen functional groups attached to an aromatic ring is 1. The van der Waals surface area contributed by atoms with Gasteiger partial charge in [0.2, 0.25) is 5.75 Å². The number of anilines is 1. The number of hydrazine groups is 1. The van der Waals surface area contributed by atoms with Crippen molar-refractivity contribution in [2.24, 2.45) is 5.84 Å². The highest BCUT2D eigenvalue weighted by molar-refractivity contribution is 5.50. The van der Waals surface area contributed by atoms with Crippen molar-refractivity contribution in [3.8, 4) is 11.6 Å². The minimum atomic E-state index is -1.11. The van der Waals surface area contributed by atoms with E-state index in [1.54, 1.807) is 13.0 Å². The van der Waals surface area contributed by atoms with Crippen molar-refractivity contribution in [3.63, 3.8) is 0 Å². The van der Waals surface area contributed by atoms with Crippen LogP contribution >= 0.6 is 0 Å². The van der Waals surface area contributed by atoms with Crippen LogP contribution in [0, 0.1) is 28.7 Å². The second kappa shape index (κ2) is 5.67. The predicted octanol–water partition coefficient (Wildman–Crippen LogP) is 2.65. The van der Waals surface area contributed by atoms with Gasteiger partial charge in [0.1, 0.15) is 0 Å². The van der Waals surface area contributed by atoms with Crippen molar-refractivity contribution in [2.75, 3.05) is 5.43 Å². The monoisotopic (exact) mass is 296 g/mol. The molecule has 0 amide bonds. The number of aromatic nitrogens is 1. The summed E-state index contributed by atoms with van der Waals surface area (Å²) in [5, 5.41) is 10.9. The first-order chi connectivity index (χ1) is 9.92. The quantitative estimate of drug-likeness (QED) is 0.510. The number of halogens is 2. The molecule has 110 valence electrons. The lowest BCUT2D eigenvalue weighted by atomic mass is 10.2. The molecule has 0 spiro atoms. The van der Waals surface area contributed by atoms with Gasteiger partial charge in [0.15, 0.2) is 17.5 Å². The lowest BCUT2D eigenvalue weighted by Gasteiger charge is -2.09. The highest BCUT2D eigenvalue weighted by atomic mass is 19.1. The van der Waals surface area contributed by atoms with Crippen LogP contribution in [0.1, 0.15) is 5.56 Å². The summed E-state index contributed by atoms with van der Waals surface area (Å²) >= 11 is 0. The lowest BCUT2D eigenvalue weighted by Crippen LogP contribution is -2.11. The number of nitrogens with zero attached hydrogens (tertiary/aromatic N) is 2. The number of rotatable bonds is 4. The molecule has 0 saturated heterocycles. The maximum atomic E-state index is 13.6. The first-order valence-electron chi connectivity index (χ1n) is 5.68. The van der Waals surface area contributed by atoms with Gasteiger partial charge in [-0.15, -0.1) is 0 Å². The molecule has 0 unspecified atom stereocenters. The Morgan fingerprint density at radius 1 is 1.33 bits per heavy atom. The molecule has 1 heterocycles. The molecule has 1 aromatic heterocycles. The average Bonchev–Trinajstić information content (AvgIpc) is 2.43. The molecule has 9 heteroatoms. The molecule has 2 aromatic rings. The maximum Gasteiger partial charge on any atom is 0.311 e. The normalized spacial score (nSPS) is 10.3. The summed E-state index contributed by atoms with van der Waals surface area (Å²) in [4.78, 5) is 13.7. The summed E-state index contributed by atoms with van der Waals surface area (Å²) in [6, 6.07) is 4.62. The number of aryl methyl sites for hydroxylation is 1. The third-order valence-corrected chi connectivity index (χ3v) is 2.55. The minimum absolute atomic E-state index is 0.216. The number of ether oxygens (including phenoxy) is 1. The van der Waals surface area contributed by atoms with E-state index in [1.165, 1.54) is 12.1 Å². The smallest absolute Gasteiger partial charge is 0.311 e. The molecule has 0 aliphatic carbocycles. The van der Waals surface area contributed by atoms with Crippen LogP contribution < -0.4 is 16.0 Å². The van der Waals surface area contributed by atoms with Gasteiger partial charge in [0.05, 0.1) is 4.92 Å². The van der Waals surface area contributed by atoms with Crippen molar-refractivity contribution in [1.82, 2.24) is 4.98 Å². The molecule has 3 N–H and O–H groups in total. The molecule has 2 rings (SSSR count). The van der Waals surface area contributed by atoms with Crippen LogP contribution in [0.5, 0.6) is 11.6 Å². The zero-order valence-electron chi connectivity index (χ0n) is 10.8. The van der Waals surface area contributed by atoms with Crippen LogP contribution in [0.4, 0.5) is 20.3 Å². The zero-order valence-corrected chi connectivity index (χ0v) is 10.8. The number of hydrogen-bond donors (Lipinski definition) is 2. The zero-order chi connectivity index (χ0) is 15.6. The number of nitro benzene ring substituents is 1. The van der Waals surface area contributed by atoms with Gasteiger partial charge >= 0.3 is 5.69 Å². The van der Waals surface area contributed by atoms with Crippen molar-refractivity contribution >= 4 is 11.5 Å². The molecular weight excluding hydrogens is 286 g/mol. The SMILES string of the molecule is Cc1ccc(Oc2nc(NN)c(F)cc2F)c([N+](=O)[O-])c1. The van der Waals surface area contributed by atoms with E-state index < -0.39 is 28.3 Å². The van der Waals surface area contributed by atoms with E-state index in [4.69, 9.17) is 10.6 Å². The van der Waals surface area contributed by atoms with Crippen molar-refractivity contribution in [2.45, 2.75) is 6.92 Å². The molecule has 1 aromatic carbocycles. The van der Waals surface area contributed by atoms with Crippen molar-refractivity contribution < 1.29 is 18.4 Å². The number of benzene rings is 1. The summed E-state index contributed by atoms with van der Waals surface area (Å²) in [7, 11) is 0. The standard InChI is InChI=1S/C12H10F2N4O3/c1-6-2-3-10(9(4-6)18(19)20)21-12-8(14)5-7(13)11(16-12)17-15/h2-5H,15H2,1H3,(H,16,17).